The first-order valence-electron chi connectivity index (χ1n) is 5.02. The first-order valence-corrected chi connectivity index (χ1v) is 5.02. The normalized spacial score (nSPS) is 11.9. The van der Waals surface area contributed by atoms with Crippen molar-refractivity contribution >= 4 is 11.9 Å². The molecule has 0 fully saturated rings. The minimum Gasteiger partial charge on any atom is -0.480 e. The van der Waals surface area contributed by atoms with Crippen LogP contribution in [-0.4, -0.2) is 23.0 Å². The van der Waals surface area contributed by atoms with Gasteiger partial charge in [0, 0.05) is 5.56 Å². The molecule has 1 rings (SSSR count). The molecule has 0 aliphatic carbocycles. The molecule has 0 saturated heterocycles. The molecule has 1 amide bonds. The van der Waals surface area contributed by atoms with Gasteiger partial charge in [-0.15, -0.1) is 0 Å². The van der Waals surface area contributed by atoms with Crippen molar-refractivity contribution in [2.24, 2.45) is 0 Å². The van der Waals surface area contributed by atoms with Crippen LogP contribution in [0.5, 0.6) is 0 Å². The number of carbonyl (C=O) groups excluding carboxylic acids is 1. The molecular formula is C12H15NO3. The van der Waals surface area contributed by atoms with Crippen LogP contribution in [0.15, 0.2) is 18.2 Å². The molecule has 86 valence electrons. The SMILES string of the molecule is Cc1ccc(C(=O)N[C@H](C)C(=O)O)c(C)c1. The third-order valence-electron chi connectivity index (χ3n) is 2.34. The van der Waals surface area contributed by atoms with Gasteiger partial charge in [-0.25, -0.2) is 0 Å². The Morgan fingerprint density at radius 3 is 2.44 bits per heavy atom. The van der Waals surface area contributed by atoms with Crippen molar-refractivity contribution in [2.45, 2.75) is 26.8 Å². The molecule has 2 N–H and O–H groups in total. The van der Waals surface area contributed by atoms with E-state index in [0.29, 0.717) is 5.56 Å². The van der Waals surface area contributed by atoms with E-state index in [0.717, 1.165) is 11.1 Å². The van der Waals surface area contributed by atoms with Crippen LogP contribution in [0.1, 0.15) is 28.4 Å². The summed E-state index contributed by atoms with van der Waals surface area (Å²) in [5.41, 5.74) is 2.43. The van der Waals surface area contributed by atoms with Gasteiger partial charge in [0.1, 0.15) is 6.04 Å². The molecule has 0 aliphatic heterocycles. The van der Waals surface area contributed by atoms with Crippen LogP contribution in [0, 0.1) is 13.8 Å². The zero-order valence-corrected chi connectivity index (χ0v) is 9.57. The summed E-state index contributed by atoms with van der Waals surface area (Å²) < 4.78 is 0. The Labute approximate surface area is 94.3 Å². The Hall–Kier alpha value is -1.84. The maximum absolute atomic E-state index is 11.7. The average molecular weight is 221 g/mol. The van der Waals surface area contributed by atoms with Crippen molar-refractivity contribution in [1.29, 1.82) is 0 Å². The Morgan fingerprint density at radius 1 is 1.31 bits per heavy atom. The highest BCUT2D eigenvalue weighted by Gasteiger charge is 2.16. The van der Waals surface area contributed by atoms with Crippen LogP contribution in [0.3, 0.4) is 0 Å². The van der Waals surface area contributed by atoms with Crippen molar-refractivity contribution in [3.8, 4) is 0 Å². The van der Waals surface area contributed by atoms with E-state index in [2.05, 4.69) is 5.32 Å². The summed E-state index contributed by atoms with van der Waals surface area (Å²) in [7, 11) is 0. The third-order valence-corrected chi connectivity index (χ3v) is 2.34. The zero-order valence-electron chi connectivity index (χ0n) is 9.57. The Kier molecular flexibility index (Phi) is 3.66. The molecule has 1 atom stereocenters. The van der Waals surface area contributed by atoms with Crippen LogP contribution in [-0.2, 0) is 4.79 Å². The fraction of sp³-hybridized carbons (Fsp3) is 0.333. The maximum atomic E-state index is 11.7. The molecule has 0 radical (unpaired) electrons. The topological polar surface area (TPSA) is 66.4 Å². The van der Waals surface area contributed by atoms with Crippen molar-refractivity contribution in [3.05, 3.63) is 34.9 Å². The number of hydrogen-bond acceptors (Lipinski definition) is 2. The van der Waals surface area contributed by atoms with Gasteiger partial charge in [-0.3, -0.25) is 9.59 Å². The molecule has 0 unspecified atom stereocenters. The molecule has 0 heterocycles. The minimum atomic E-state index is -1.04. The molecule has 4 heteroatoms. The van der Waals surface area contributed by atoms with Gasteiger partial charge in [0.15, 0.2) is 0 Å². The lowest BCUT2D eigenvalue weighted by molar-refractivity contribution is -0.138. The smallest absolute Gasteiger partial charge is 0.325 e. The average Bonchev–Trinajstić information content (AvgIpc) is 2.16. The van der Waals surface area contributed by atoms with Crippen molar-refractivity contribution in [3.63, 3.8) is 0 Å². The number of aryl methyl sites for hydroxylation is 2. The number of aliphatic carboxylic acids is 1. The fourth-order valence-corrected chi connectivity index (χ4v) is 1.40. The van der Waals surface area contributed by atoms with Gasteiger partial charge >= 0.3 is 5.97 Å². The number of carbonyl (C=O) groups is 2. The summed E-state index contributed by atoms with van der Waals surface area (Å²) in [6.45, 7) is 5.20. The van der Waals surface area contributed by atoms with Crippen LogP contribution in [0.4, 0.5) is 0 Å². The Balaban J connectivity index is 2.85. The predicted molar refractivity (Wildman–Crippen MR) is 60.5 cm³/mol. The number of carboxylic acids is 1. The zero-order chi connectivity index (χ0) is 12.3. The fourth-order valence-electron chi connectivity index (χ4n) is 1.40. The molecule has 1 aromatic carbocycles. The molecule has 0 aliphatic rings. The molecule has 0 spiro atoms. The van der Waals surface area contributed by atoms with Crippen molar-refractivity contribution < 1.29 is 14.7 Å². The van der Waals surface area contributed by atoms with Gasteiger partial charge in [0.05, 0.1) is 0 Å². The number of benzene rings is 1. The Morgan fingerprint density at radius 2 is 1.94 bits per heavy atom. The number of rotatable bonds is 3. The number of nitrogens with one attached hydrogen (secondary N) is 1. The van der Waals surface area contributed by atoms with Crippen LogP contribution in [0.25, 0.3) is 0 Å². The molecule has 0 bridgehead atoms. The summed E-state index contributed by atoms with van der Waals surface area (Å²) in [4.78, 5) is 22.3. The molecule has 4 nitrogen and oxygen atoms in total. The van der Waals surface area contributed by atoms with E-state index in [9.17, 15) is 9.59 Å². The second-order valence-corrected chi connectivity index (χ2v) is 3.85. The summed E-state index contributed by atoms with van der Waals surface area (Å²) in [6.07, 6.45) is 0. The third kappa shape index (κ3) is 2.82. The highest BCUT2D eigenvalue weighted by atomic mass is 16.4. The number of hydrogen-bond donors (Lipinski definition) is 2. The highest BCUT2D eigenvalue weighted by molar-refractivity contribution is 5.97. The first kappa shape index (κ1) is 12.2. The molecule has 16 heavy (non-hydrogen) atoms. The van der Waals surface area contributed by atoms with Gasteiger partial charge < -0.3 is 10.4 Å². The monoisotopic (exact) mass is 221 g/mol. The van der Waals surface area contributed by atoms with E-state index in [1.807, 2.05) is 26.0 Å². The lowest BCUT2D eigenvalue weighted by atomic mass is 10.1. The van der Waals surface area contributed by atoms with Crippen LogP contribution in [0.2, 0.25) is 0 Å². The maximum Gasteiger partial charge on any atom is 0.325 e. The molecular weight excluding hydrogens is 206 g/mol. The van der Waals surface area contributed by atoms with E-state index in [-0.39, 0.29) is 5.91 Å². The molecule has 0 aromatic heterocycles. The largest absolute Gasteiger partial charge is 0.480 e. The summed E-state index contributed by atoms with van der Waals surface area (Å²) in [5, 5.41) is 11.1. The summed E-state index contributed by atoms with van der Waals surface area (Å²) in [6, 6.07) is 4.54. The van der Waals surface area contributed by atoms with E-state index < -0.39 is 12.0 Å². The van der Waals surface area contributed by atoms with Gasteiger partial charge in [0.2, 0.25) is 0 Å². The molecule has 0 saturated carbocycles. The molecule has 1 aromatic rings. The second-order valence-electron chi connectivity index (χ2n) is 3.85. The summed E-state index contributed by atoms with van der Waals surface area (Å²) in [5.74, 6) is -1.40. The second kappa shape index (κ2) is 4.79. The quantitative estimate of drug-likeness (QED) is 0.813. The van der Waals surface area contributed by atoms with Crippen molar-refractivity contribution in [1.82, 2.24) is 5.32 Å². The van der Waals surface area contributed by atoms with Gasteiger partial charge in [-0.2, -0.15) is 0 Å². The summed E-state index contributed by atoms with van der Waals surface area (Å²) >= 11 is 0. The van der Waals surface area contributed by atoms with E-state index in [4.69, 9.17) is 5.11 Å². The predicted octanol–water partition coefficient (Wildman–Crippen LogP) is 1.51. The van der Waals surface area contributed by atoms with Crippen LogP contribution < -0.4 is 5.32 Å². The minimum absolute atomic E-state index is 0.354. The Bertz CT molecular complexity index is 426. The number of amides is 1. The van der Waals surface area contributed by atoms with E-state index in [1.165, 1.54) is 6.92 Å². The van der Waals surface area contributed by atoms with Gasteiger partial charge in [-0.05, 0) is 32.4 Å². The van der Waals surface area contributed by atoms with Gasteiger partial charge in [0.25, 0.3) is 5.91 Å². The first-order chi connectivity index (χ1) is 7.41. The lowest BCUT2D eigenvalue weighted by Gasteiger charge is -2.11. The standard InChI is InChI=1S/C12H15NO3/c1-7-4-5-10(8(2)6-7)11(14)13-9(3)12(15)16/h4-6,9H,1-3H3,(H,13,14)(H,15,16)/t9-/m1/s1. The highest BCUT2D eigenvalue weighted by Crippen LogP contribution is 2.10. The van der Waals surface area contributed by atoms with Crippen molar-refractivity contribution in [2.75, 3.05) is 0 Å². The van der Waals surface area contributed by atoms with Crippen LogP contribution >= 0.6 is 0 Å². The number of carboxylic acid groups (broad SMARTS) is 1. The van der Waals surface area contributed by atoms with E-state index in [1.54, 1.807) is 6.07 Å². The lowest BCUT2D eigenvalue weighted by Crippen LogP contribution is -2.38. The van der Waals surface area contributed by atoms with E-state index >= 15 is 0 Å². The van der Waals surface area contributed by atoms with Gasteiger partial charge in [-0.1, -0.05) is 17.7 Å².